The van der Waals surface area contributed by atoms with Gasteiger partial charge < -0.3 is 9.15 Å². The van der Waals surface area contributed by atoms with Crippen molar-refractivity contribution in [2.45, 2.75) is 24.3 Å². The number of hydrogen-bond acceptors (Lipinski definition) is 5. The van der Waals surface area contributed by atoms with Crippen LogP contribution in [0.15, 0.2) is 69.7 Å². The molecule has 3 rings (SSSR count). The second kappa shape index (κ2) is 7.75. The minimum absolute atomic E-state index is 0.0670. The van der Waals surface area contributed by atoms with Crippen molar-refractivity contribution in [3.63, 3.8) is 0 Å². The molecule has 0 saturated carbocycles. The number of furan rings is 1. The maximum absolute atomic E-state index is 13.0. The van der Waals surface area contributed by atoms with Crippen LogP contribution in [0.25, 0.3) is 0 Å². The van der Waals surface area contributed by atoms with Crippen molar-refractivity contribution in [3.8, 4) is 5.75 Å². The zero-order chi connectivity index (χ0) is 19.5. The predicted octanol–water partition coefficient (Wildman–Crippen LogP) is 4.63. The van der Waals surface area contributed by atoms with Crippen LogP contribution in [0, 0.1) is 0 Å². The van der Waals surface area contributed by atoms with E-state index in [0.29, 0.717) is 5.56 Å². The second-order valence-corrected chi connectivity index (χ2v) is 8.47. The monoisotopic (exact) mass is 417 g/mol. The summed E-state index contributed by atoms with van der Waals surface area (Å²) in [6.07, 6.45) is -1.96. The summed E-state index contributed by atoms with van der Waals surface area (Å²) >= 11 is 1.41. The van der Waals surface area contributed by atoms with Gasteiger partial charge in [0.15, 0.2) is 0 Å². The predicted molar refractivity (Wildman–Crippen MR) is 92.6 cm³/mol. The van der Waals surface area contributed by atoms with Crippen LogP contribution in [0.1, 0.15) is 10.4 Å². The molecule has 0 N–H and O–H groups in total. The topological polar surface area (TPSA) is 59.8 Å². The molecule has 0 saturated heterocycles. The standard InChI is InChI=1S/C17H14F3NO4S2/c18-17(19,20)25-14-3-5-16(6-4-14)27(22,23)21(10-13-7-8-24-12-13)11-15-2-1-9-26-15/h1-9,12H,10-11H2. The maximum atomic E-state index is 13.0. The molecule has 0 radical (unpaired) electrons. The van der Waals surface area contributed by atoms with Gasteiger partial charge in [-0.3, -0.25) is 0 Å². The average molecular weight is 417 g/mol. The fourth-order valence-corrected chi connectivity index (χ4v) is 4.56. The first-order chi connectivity index (χ1) is 12.7. The lowest BCUT2D eigenvalue weighted by atomic mass is 10.3. The first-order valence-electron chi connectivity index (χ1n) is 7.63. The number of thiophene rings is 1. The van der Waals surface area contributed by atoms with Gasteiger partial charge in [0.2, 0.25) is 10.0 Å². The Morgan fingerprint density at radius 2 is 1.81 bits per heavy atom. The van der Waals surface area contributed by atoms with Crippen molar-refractivity contribution in [1.82, 2.24) is 4.31 Å². The molecule has 0 spiro atoms. The van der Waals surface area contributed by atoms with Crippen molar-refractivity contribution in [1.29, 1.82) is 0 Å². The molecular weight excluding hydrogens is 403 g/mol. The number of halogens is 3. The van der Waals surface area contributed by atoms with E-state index in [1.807, 2.05) is 17.5 Å². The third kappa shape index (κ3) is 5.12. The SMILES string of the molecule is O=S(=O)(c1ccc(OC(F)(F)F)cc1)N(Cc1ccoc1)Cc1cccs1. The highest BCUT2D eigenvalue weighted by atomic mass is 32.2. The van der Waals surface area contributed by atoms with Crippen LogP contribution in [0.4, 0.5) is 13.2 Å². The maximum Gasteiger partial charge on any atom is 0.573 e. The van der Waals surface area contributed by atoms with Crippen LogP contribution < -0.4 is 4.74 Å². The summed E-state index contributed by atoms with van der Waals surface area (Å²) in [6, 6.07) is 9.40. The van der Waals surface area contributed by atoms with Crippen LogP contribution in [-0.4, -0.2) is 19.1 Å². The highest BCUT2D eigenvalue weighted by Crippen LogP contribution is 2.27. The minimum atomic E-state index is -4.84. The fourth-order valence-electron chi connectivity index (χ4n) is 2.35. The number of benzene rings is 1. The van der Waals surface area contributed by atoms with E-state index in [2.05, 4.69) is 4.74 Å². The van der Waals surface area contributed by atoms with Crippen LogP contribution in [0.5, 0.6) is 5.75 Å². The van der Waals surface area contributed by atoms with Gasteiger partial charge >= 0.3 is 6.36 Å². The van der Waals surface area contributed by atoms with Gasteiger partial charge in [0.25, 0.3) is 0 Å². The number of nitrogens with zero attached hydrogens (tertiary/aromatic N) is 1. The summed E-state index contributed by atoms with van der Waals surface area (Å²) in [6.45, 7) is 0.198. The normalized spacial score (nSPS) is 12.4. The number of ether oxygens (including phenoxy) is 1. The van der Waals surface area contributed by atoms with Gasteiger partial charge in [0.05, 0.1) is 17.4 Å². The van der Waals surface area contributed by atoms with Gasteiger partial charge in [0, 0.05) is 23.5 Å². The second-order valence-electron chi connectivity index (χ2n) is 5.50. The van der Waals surface area contributed by atoms with E-state index in [4.69, 9.17) is 4.42 Å². The first kappa shape index (κ1) is 19.5. The minimum Gasteiger partial charge on any atom is -0.472 e. The fraction of sp³-hybridized carbons (Fsp3) is 0.176. The summed E-state index contributed by atoms with van der Waals surface area (Å²) in [5.41, 5.74) is 0.659. The quantitative estimate of drug-likeness (QED) is 0.562. The van der Waals surface area contributed by atoms with Crippen LogP contribution in [0.2, 0.25) is 0 Å². The third-order valence-corrected chi connectivity index (χ3v) is 6.21. The van der Waals surface area contributed by atoms with Gasteiger partial charge in [-0.15, -0.1) is 24.5 Å². The van der Waals surface area contributed by atoms with Gasteiger partial charge in [-0.25, -0.2) is 8.42 Å². The van der Waals surface area contributed by atoms with E-state index >= 15 is 0 Å². The molecular formula is C17H14F3NO4S2. The number of rotatable bonds is 7. The Hall–Kier alpha value is -2.30. The van der Waals surface area contributed by atoms with E-state index in [9.17, 15) is 21.6 Å². The van der Waals surface area contributed by atoms with Gasteiger partial charge in [-0.2, -0.15) is 4.31 Å². The lowest BCUT2D eigenvalue weighted by Crippen LogP contribution is -2.29. The van der Waals surface area contributed by atoms with Gasteiger partial charge in [-0.05, 0) is 41.8 Å². The summed E-state index contributed by atoms with van der Waals surface area (Å²) in [7, 11) is -3.95. The van der Waals surface area contributed by atoms with E-state index in [-0.39, 0.29) is 18.0 Å². The smallest absolute Gasteiger partial charge is 0.472 e. The lowest BCUT2D eigenvalue weighted by molar-refractivity contribution is -0.274. The molecule has 0 aliphatic carbocycles. The highest BCUT2D eigenvalue weighted by molar-refractivity contribution is 7.89. The number of sulfonamides is 1. The summed E-state index contributed by atoms with van der Waals surface area (Å²) < 4.78 is 72.9. The molecule has 5 nitrogen and oxygen atoms in total. The number of alkyl halides is 3. The molecule has 27 heavy (non-hydrogen) atoms. The molecule has 3 aromatic rings. The van der Waals surface area contributed by atoms with Crippen LogP contribution in [-0.2, 0) is 23.1 Å². The van der Waals surface area contributed by atoms with Crippen molar-refractivity contribution < 1.29 is 30.7 Å². The van der Waals surface area contributed by atoms with E-state index in [1.165, 1.54) is 28.2 Å². The van der Waals surface area contributed by atoms with E-state index < -0.39 is 22.1 Å². The molecule has 2 heterocycles. The molecule has 1 aromatic carbocycles. The van der Waals surface area contributed by atoms with E-state index in [0.717, 1.165) is 29.1 Å². The first-order valence-corrected chi connectivity index (χ1v) is 9.95. The Balaban J connectivity index is 1.87. The lowest BCUT2D eigenvalue weighted by Gasteiger charge is -2.21. The van der Waals surface area contributed by atoms with Crippen molar-refractivity contribution >= 4 is 21.4 Å². The van der Waals surface area contributed by atoms with Gasteiger partial charge in [0.1, 0.15) is 5.75 Å². The molecule has 0 aliphatic heterocycles. The summed E-state index contributed by atoms with van der Waals surface area (Å²) in [4.78, 5) is 0.705. The highest BCUT2D eigenvalue weighted by Gasteiger charge is 2.31. The molecule has 0 unspecified atom stereocenters. The molecule has 10 heteroatoms. The Bertz CT molecular complexity index is 915. The summed E-state index contributed by atoms with van der Waals surface area (Å²) in [5, 5.41) is 1.83. The van der Waals surface area contributed by atoms with Crippen molar-refractivity contribution in [3.05, 3.63) is 70.8 Å². The Morgan fingerprint density at radius 3 is 2.37 bits per heavy atom. The molecule has 0 fully saturated rings. The Labute approximate surface area is 157 Å². The molecule has 2 aromatic heterocycles. The van der Waals surface area contributed by atoms with Gasteiger partial charge in [-0.1, -0.05) is 6.07 Å². The zero-order valence-corrected chi connectivity index (χ0v) is 15.4. The molecule has 144 valence electrons. The molecule has 0 bridgehead atoms. The summed E-state index contributed by atoms with van der Waals surface area (Å²) in [5.74, 6) is -0.485. The largest absolute Gasteiger partial charge is 0.573 e. The molecule has 0 atom stereocenters. The van der Waals surface area contributed by atoms with Crippen LogP contribution in [0.3, 0.4) is 0 Å². The zero-order valence-electron chi connectivity index (χ0n) is 13.7. The van der Waals surface area contributed by atoms with Crippen molar-refractivity contribution in [2.75, 3.05) is 0 Å². The van der Waals surface area contributed by atoms with E-state index in [1.54, 1.807) is 6.07 Å². The third-order valence-electron chi connectivity index (χ3n) is 3.55. The Kier molecular flexibility index (Phi) is 5.59. The number of hydrogen-bond donors (Lipinski definition) is 0. The van der Waals surface area contributed by atoms with Crippen molar-refractivity contribution in [2.24, 2.45) is 0 Å². The average Bonchev–Trinajstić information content (AvgIpc) is 3.27. The molecule has 0 amide bonds. The molecule has 0 aliphatic rings. The Morgan fingerprint density at radius 1 is 1.07 bits per heavy atom. The van der Waals surface area contributed by atoms with Crippen LogP contribution >= 0.6 is 11.3 Å².